The Hall–Kier alpha value is -1.95. The zero-order valence-corrected chi connectivity index (χ0v) is 13.7. The topological polar surface area (TPSA) is 52.7 Å². The van der Waals surface area contributed by atoms with Crippen molar-refractivity contribution in [3.8, 4) is 0 Å². The smallest absolute Gasteiger partial charge is 0.242 e. The lowest BCUT2D eigenvalue weighted by molar-refractivity contribution is -0.134. The number of piperazine rings is 1. The minimum atomic E-state index is -0.365. The molecule has 1 N–H and O–H groups in total. The molecule has 0 radical (unpaired) electrons. The minimum absolute atomic E-state index is 0.0141. The second-order valence-corrected chi connectivity index (χ2v) is 5.91. The third kappa shape index (κ3) is 4.76. The van der Waals surface area contributed by atoms with E-state index in [0.29, 0.717) is 19.5 Å². The third-order valence-electron chi connectivity index (χ3n) is 4.27. The fraction of sp³-hybridized carbons (Fsp3) is 0.529. The van der Waals surface area contributed by atoms with Crippen LogP contribution < -0.4 is 5.32 Å². The van der Waals surface area contributed by atoms with Gasteiger partial charge in [0.1, 0.15) is 5.82 Å². The zero-order chi connectivity index (χ0) is 16.8. The molecular formula is C17H24FN3O2. The minimum Gasteiger partial charge on any atom is -0.347 e. The predicted octanol–water partition coefficient (Wildman–Crippen LogP) is 1.21. The van der Waals surface area contributed by atoms with E-state index >= 15 is 0 Å². The number of likely N-dealkylation sites (N-methyl/N-ethyl adjacent to an activating group) is 1. The molecule has 23 heavy (non-hydrogen) atoms. The maximum absolute atomic E-state index is 13.0. The number of amides is 2. The Balaban J connectivity index is 1.87. The van der Waals surface area contributed by atoms with Gasteiger partial charge in [0.2, 0.25) is 11.8 Å². The number of hydrogen-bond donors (Lipinski definition) is 1. The van der Waals surface area contributed by atoms with E-state index in [1.807, 2.05) is 14.0 Å². The van der Waals surface area contributed by atoms with E-state index in [1.54, 1.807) is 17.0 Å². The van der Waals surface area contributed by atoms with E-state index in [1.165, 1.54) is 12.1 Å². The lowest BCUT2D eigenvalue weighted by Gasteiger charge is -2.32. The summed E-state index contributed by atoms with van der Waals surface area (Å²) in [4.78, 5) is 28.4. The molecule has 0 saturated carbocycles. The highest BCUT2D eigenvalue weighted by Gasteiger charge is 2.22. The molecule has 1 atom stereocenters. The van der Waals surface area contributed by atoms with Crippen molar-refractivity contribution in [3.05, 3.63) is 35.6 Å². The highest BCUT2D eigenvalue weighted by molar-refractivity contribution is 5.88. The first-order chi connectivity index (χ1) is 11.0. The summed E-state index contributed by atoms with van der Waals surface area (Å²) in [5.74, 6) is -0.938. The van der Waals surface area contributed by atoms with Crippen LogP contribution in [0.1, 0.15) is 24.8 Å². The summed E-state index contributed by atoms with van der Waals surface area (Å²) in [5, 5.41) is 2.72. The third-order valence-corrected chi connectivity index (χ3v) is 4.27. The van der Waals surface area contributed by atoms with Gasteiger partial charge in [0.25, 0.3) is 0 Å². The van der Waals surface area contributed by atoms with Crippen LogP contribution in [-0.4, -0.2) is 61.4 Å². The molecule has 5 nitrogen and oxygen atoms in total. The highest BCUT2D eigenvalue weighted by atomic mass is 19.1. The second-order valence-electron chi connectivity index (χ2n) is 5.91. The number of hydrogen-bond acceptors (Lipinski definition) is 3. The van der Waals surface area contributed by atoms with E-state index in [0.717, 1.165) is 18.7 Å². The number of nitrogens with one attached hydrogen (secondary N) is 1. The van der Waals surface area contributed by atoms with E-state index in [2.05, 4.69) is 10.2 Å². The Morgan fingerprint density at radius 2 is 1.78 bits per heavy atom. The number of benzene rings is 1. The summed E-state index contributed by atoms with van der Waals surface area (Å²) >= 11 is 0. The standard InChI is InChI=1S/C17H24FN3O2/c1-3-15(13-4-6-14(18)7-5-13)17(23)19-12-16(22)21-10-8-20(2)9-11-21/h4-7,15H,3,8-12H2,1-2H3,(H,19,23). The summed E-state index contributed by atoms with van der Waals surface area (Å²) in [5.41, 5.74) is 0.762. The molecule has 126 valence electrons. The molecule has 1 aromatic carbocycles. The first-order valence-electron chi connectivity index (χ1n) is 8.00. The van der Waals surface area contributed by atoms with E-state index < -0.39 is 0 Å². The van der Waals surface area contributed by atoms with Crippen LogP contribution in [0.25, 0.3) is 0 Å². The fourth-order valence-corrected chi connectivity index (χ4v) is 2.72. The van der Waals surface area contributed by atoms with Crippen molar-refractivity contribution in [2.45, 2.75) is 19.3 Å². The van der Waals surface area contributed by atoms with Crippen molar-refractivity contribution in [1.82, 2.24) is 15.1 Å². The molecule has 1 heterocycles. The van der Waals surface area contributed by atoms with Crippen molar-refractivity contribution < 1.29 is 14.0 Å². The zero-order valence-electron chi connectivity index (χ0n) is 13.7. The Morgan fingerprint density at radius 1 is 1.17 bits per heavy atom. The number of carbonyl (C=O) groups is 2. The van der Waals surface area contributed by atoms with Gasteiger partial charge in [-0.05, 0) is 31.2 Å². The van der Waals surface area contributed by atoms with Gasteiger partial charge < -0.3 is 15.1 Å². The van der Waals surface area contributed by atoms with Crippen LogP contribution in [0.5, 0.6) is 0 Å². The van der Waals surface area contributed by atoms with Gasteiger partial charge >= 0.3 is 0 Å². The van der Waals surface area contributed by atoms with Crippen molar-refractivity contribution in [3.63, 3.8) is 0 Å². The predicted molar refractivity (Wildman–Crippen MR) is 86.5 cm³/mol. The molecule has 1 fully saturated rings. The molecule has 2 rings (SSSR count). The number of carbonyl (C=O) groups excluding carboxylic acids is 2. The molecule has 2 amide bonds. The Kier molecular flexibility index (Phi) is 6.10. The van der Waals surface area contributed by atoms with Crippen LogP contribution in [0.2, 0.25) is 0 Å². The van der Waals surface area contributed by atoms with E-state index in [4.69, 9.17) is 0 Å². The number of nitrogens with zero attached hydrogens (tertiary/aromatic N) is 2. The summed E-state index contributed by atoms with van der Waals surface area (Å²) in [6, 6.07) is 5.93. The lowest BCUT2D eigenvalue weighted by Crippen LogP contribution is -2.50. The lowest BCUT2D eigenvalue weighted by atomic mass is 9.95. The van der Waals surface area contributed by atoms with Crippen molar-refractivity contribution in [2.24, 2.45) is 0 Å². The summed E-state index contributed by atoms with van der Waals surface area (Å²) in [7, 11) is 2.03. The first kappa shape index (κ1) is 17.4. The molecule has 1 aliphatic rings. The molecule has 1 aromatic rings. The molecule has 0 aliphatic carbocycles. The Bertz CT molecular complexity index is 539. The second kappa shape index (κ2) is 8.06. The molecule has 6 heteroatoms. The maximum atomic E-state index is 13.0. The van der Waals surface area contributed by atoms with Crippen LogP contribution >= 0.6 is 0 Å². The van der Waals surface area contributed by atoms with Crippen LogP contribution in [0, 0.1) is 5.82 Å². The average molecular weight is 321 g/mol. The van der Waals surface area contributed by atoms with Gasteiger partial charge in [0, 0.05) is 26.2 Å². The molecule has 0 aromatic heterocycles. The molecule has 0 bridgehead atoms. The quantitative estimate of drug-likeness (QED) is 0.887. The SMILES string of the molecule is CCC(C(=O)NCC(=O)N1CCN(C)CC1)c1ccc(F)cc1. The van der Waals surface area contributed by atoms with Gasteiger partial charge in [-0.3, -0.25) is 9.59 Å². The van der Waals surface area contributed by atoms with Crippen molar-refractivity contribution in [2.75, 3.05) is 39.8 Å². The highest BCUT2D eigenvalue weighted by Crippen LogP contribution is 2.19. The normalized spacial score (nSPS) is 16.9. The van der Waals surface area contributed by atoms with Crippen LogP contribution in [0.3, 0.4) is 0 Å². The van der Waals surface area contributed by atoms with Crippen LogP contribution in [-0.2, 0) is 9.59 Å². The molecule has 1 saturated heterocycles. The molecule has 0 spiro atoms. The average Bonchev–Trinajstić information content (AvgIpc) is 2.55. The van der Waals surface area contributed by atoms with Gasteiger partial charge in [-0.15, -0.1) is 0 Å². The van der Waals surface area contributed by atoms with Gasteiger partial charge in [0.15, 0.2) is 0 Å². The summed E-state index contributed by atoms with van der Waals surface area (Å²) in [6.07, 6.45) is 0.597. The fourth-order valence-electron chi connectivity index (χ4n) is 2.72. The van der Waals surface area contributed by atoms with Gasteiger partial charge in [-0.25, -0.2) is 4.39 Å². The Labute approximate surface area is 136 Å². The van der Waals surface area contributed by atoms with Gasteiger partial charge in [0.05, 0.1) is 12.5 Å². The monoisotopic (exact) mass is 321 g/mol. The van der Waals surface area contributed by atoms with E-state index in [-0.39, 0.29) is 30.1 Å². The number of halogens is 1. The van der Waals surface area contributed by atoms with Gasteiger partial charge in [-0.2, -0.15) is 0 Å². The summed E-state index contributed by atoms with van der Waals surface area (Å²) in [6.45, 7) is 5.01. The van der Waals surface area contributed by atoms with E-state index in [9.17, 15) is 14.0 Å². The largest absolute Gasteiger partial charge is 0.347 e. The Morgan fingerprint density at radius 3 is 2.35 bits per heavy atom. The van der Waals surface area contributed by atoms with Crippen LogP contribution in [0.15, 0.2) is 24.3 Å². The van der Waals surface area contributed by atoms with Crippen LogP contribution in [0.4, 0.5) is 4.39 Å². The molecule has 1 unspecified atom stereocenters. The maximum Gasteiger partial charge on any atom is 0.242 e. The van der Waals surface area contributed by atoms with Crippen molar-refractivity contribution in [1.29, 1.82) is 0 Å². The van der Waals surface area contributed by atoms with Gasteiger partial charge in [-0.1, -0.05) is 19.1 Å². The summed E-state index contributed by atoms with van der Waals surface area (Å²) < 4.78 is 13.0. The molecule has 1 aliphatic heterocycles. The molecular weight excluding hydrogens is 297 g/mol. The number of rotatable bonds is 5. The first-order valence-corrected chi connectivity index (χ1v) is 8.00. The van der Waals surface area contributed by atoms with Crippen molar-refractivity contribution >= 4 is 11.8 Å².